The summed E-state index contributed by atoms with van der Waals surface area (Å²) in [7, 11) is 4.25. The van der Waals surface area contributed by atoms with Crippen molar-refractivity contribution in [2.24, 2.45) is 5.92 Å². The Labute approximate surface area is 63.0 Å². The zero-order chi connectivity index (χ0) is 5.98. The number of hydrogen-bond acceptors (Lipinski definition) is 2. The maximum absolute atomic E-state index is 3.24. The minimum atomic E-state index is 0. The van der Waals surface area contributed by atoms with Crippen molar-refractivity contribution < 1.29 is 0 Å². The van der Waals surface area contributed by atoms with Crippen LogP contribution in [0.3, 0.4) is 0 Å². The highest BCUT2D eigenvalue weighted by molar-refractivity contribution is 5.85. The van der Waals surface area contributed by atoms with E-state index in [2.05, 4.69) is 24.3 Å². The molecule has 0 radical (unpaired) electrons. The molecule has 56 valence electrons. The molecule has 1 heterocycles. The van der Waals surface area contributed by atoms with E-state index in [1.165, 1.54) is 19.6 Å². The summed E-state index contributed by atoms with van der Waals surface area (Å²) in [6.45, 7) is 3.68. The second kappa shape index (κ2) is 4.09. The molecule has 1 aliphatic rings. The van der Waals surface area contributed by atoms with Crippen molar-refractivity contribution in [1.29, 1.82) is 0 Å². The van der Waals surface area contributed by atoms with Crippen LogP contribution in [-0.2, 0) is 0 Å². The molecule has 0 aromatic heterocycles. The van der Waals surface area contributed by atoms with Crippen LogP contribution in [0, 0.1) is 5.92 Å². The van der Waals surface area contributed by atoms with Crippen LogP contribution in [0.5, 0.6) is 0 Å². The molecule has 0 unspecified atom stereocenters. The first-order valence-electron chi connectivity index (χ1n) is 3.14. The first kappa shape index (κ1) is 9.21. The third-order valence-corrected chi connectivity index (χ3v) is 1.49. The molecule has 1 rings (SSSR count). The van der Waals surface area contributed by atoms with Crippen molar-refractivity contribution >= 4 is 12.4 Å². The van der Waals surface area contributed by atoms with Gasteiger partial charge in [0, 0.05) is 19.6 Å². The van der Waals surface area contributed by atoms with Crippen molar-refractivity contribution in [3.05, 3.63) is 0 Å². The van der Waals surface area contributed by atoms with Crippen LogP contribution in [0.2, 0.25) is 0 Å². The van der Waals surface area contributed by atoms with Crippen LogP contribution >= 0.6 is 12.4 Å². The summed E-state index contributed by atoms with van der Waals surface area (Å²) < 4.78 is 0. The van der Waals surface area contributed by atoms with Crippen LogP contribution in [0.15, 0.2) is 0 Å². The van der Waals surface area contributed by atoms with Crippen LogP contribution in [0.1, 0.15) is 0 Å². The van der Waals surface area contributed by atoms with E-state index in [0.717, 1.165) is 5.92 Å². The number of nitrogens with one attached hydrogen (secondary N) is 1. The lowest BCUT2D eigenvalue weighted by Gasteiger charge is -2.29. The van der Waals surface area contributed by atoms with Gasteiger partial charge in [0.25, 0.3) is 0 Å². The molecule has 0 bridgehead atoms. The van der Waals surface area contributed by atoms with Crippen molar-refractivity contribution in [2.75, 3.05) is 33.7 Å². The highest BCUT2D eigenvalue weighted by Gasteiger charge is 2.16. The molecule has 0 aliphatic carbocycles. The van der Waals surface area contributed by atoms with Gasteiger partial charge in [0.1, 0.15) is 0 Å². The Bertz CT molecular complexity index is 71.5. The SMILES string of the molecule is CN(C)CC1CNC1.Cl. The lowest BCUT2D eigenvalue weighted by molar-refractivity contribution is 0.253. The maximum Gasteiger partial charge on any atom is 0.00279 e. The van der Waals surface area contributed by atoms with Gasteiger partial charge in [-0.25, -0.2) is 0 Å². The summed E-state index contributed by atoms with van der Waals surface area (Å²) in [5.41, 5.74) is 0. The van der Waals surface area contributed by atoms with Crippen molar-refractivity contribution in [3.8, 4) is 0 Å². The smallest absolute Gasteiger partial charge is 0.00279 e. The van der Waals surface area contributed by atoms with E-state index < -0.39 is 0 Å². The molecule has 1 fully saturated rings. The Morgan fingerprint density at radius 2 is 2.00 bits per heavy atom. The van der Waals surface area contributed by atoms with Crippen molar-refractivity contribution in [1.82, 2.24) is 10.2 Å². The summed E-state index contributed by atoms with van der Waals surface area (Å²) in [5.74, 6) is 0.921. The van der Waals surface area contributed by atoms with Gasteiger partial charge in [-0.1, -0.05) is 0 Å². The predicted octanol–water partition coefficient (Wildman–Crippen LogP) is 0.189. The Morgan fingerprint density at radius 1 is 1.44 bits per heavy atom. The van der Waals surface area contributed by atoms with E-state index in [0.29, 0.717) is 0 Å². The minimum absolute atomic E-state index is 0. The molecule has 0 aromatic rings. The van der Waals surface area contributed by atoms with E-state index in [1.807, 2.05) is 0 Å². The fourth-order valence-electron chi connectivity index (χ4n) is 0.994. The first-order chi connectivity index (χ1) is 3.79. The summed E-state index contributed by atoms with van der Waals surface area (Å²) in [4.78, 5) is 2.24. The van der Waals surface area contributed by atoms with Crippen LogP contribution in [0.25, 0.3) is 0 Å². The molecule has 1 saturated heterocycles. The molecule has 0 amide bonds. The monoisotopic (exact) mass is 150 g/mol. The summed E-state index contributed by atoms with van der Waals surface area (Å²) in [6, 6.07) is 0. The molecule has 0 spiro atoms. The molecular weight excluding hydrogens is 136 g/mol. The van der Waals surface area contributed by atoms with E-state index in [9.17, 15) is 0 Å². The fraction of sp³-hybridized carbons (Fsp3) is 1.00. The van der Waals surface area contributed by atoms with Crippen LogP contribution in [0.4, 0.5) is 0 Å². The molecule has 0 aromatic carbocycles. The van der Waals surface area contributed by atoms with Gasteiger partial charge in [-0.05, 0) is 20.0 Å². The quantitative estimate of drug-likeness (QED) is 0.605. The van der Waals surface area contributed by atoms with Gasteiger partial charge in [-0.15, -0.1) is 12.4 Å². The zero-order valence-corrected chi connectivity index (χ0v) is 6.87. The van der Waals surface area contributed by atoms with Gasteiger partial charge < -0.3 is 10.2 Å². The van der Waals surface area contributed by atoms with E-state index in [4.69, 9.17) is 0 Å². The summed E-state index contributed by atoms with van der Waals surface area (Å²) in [5, 5.41) is 3.24. The summed E-state index contributed by atoms with van der Waals surface area (Å²) in [6.07, 6.45) is 0. The number of halogens is 1. The number of rotatable bonds is 2. The molecule has 1 aliphatic heterocycles. The third kappa shape index (κ3) is 3.04. The standard InChI is InChI=1S/C6H14N2.ClH/c1-8(2)5-6-3-7-4-6;/h6-7H,3-5H2,1-2H3;1H. The Balaban J connectivity index is 0.000000640. The van der Waals surface area contributed by atoms with Crippen molar-refractivity contribution in [3.63, 3.8) is 0 Å². The molecule has 3 heteroatoms. The molecular formula is C6H15ClN2. The van der Waals surface area contributed by atoms with E-state index in [-0.39, 0.29) is 12.4 Å². The first-order valence-corrected chi connectivity index (χ1v) is 3.14. The highest BCUT2D eigenvalue weighted by Crippen LogP contribution is 2.02. The van der Waals surface area contributed by atoms with E-state index in [1.54, 1.807) is 0 Å². The molecule has 1 N–H and O–H groups in total. The average molecular weight is 151 g/mol. The summed E-state index contributed by atoms with van der Waals surface area (Å²) >= 11 is 0. The second-order valence-electron chi connectivity index (χ2n) is 2.79. The topological polar surface area (TPSA) is 15.3 Å². The largest absolute Gasteiger partial charge is 0.316 e. The van der Waals surface area contributed by atoms with E-state index >= 15 is 0 Å². The molecule has 2 nitrogen and oxygen atoms in total. The molecule has 0 saturated carbocycles. The third-order valence-electron chi connectivity index (χ3n) is 1.49. The van der Waals surface area contributed by atoms with Crippen LogP contribution in [-0.4, -0.2) is 38.6 Å². The van der Waals surface area contributed by atoms with Gasteiger partial charge >= 0.3 is 0 Å². The van der Waals surface area contributed by atoms with Crippen molar-refractivity contribution in [2.45, 2.75) is 0 Å². The zero-order valence-electron chi connectivity index (χ0n) is 6.05. The Morgan fingerprint density at radius 3 is 2.11 bits per heavy atom. The molecule has 0 atom stereocenters. The number of hydrogen-bond donors (Lipinski definition) is 1. The maximum atomic E-state index is 3.24. The van der Waals surface area contributed by atoms with Crippen LogP contribution < -0.4 is 5.32 Å². The van der Waals surface area contributed by atoms with Gasteiger partial charge in [0.05, 0.1) is 0 Å². The highest BCUT2D eigenvalue weighted by atomic mass is 35.5. The Kier molecular flexibility index (Phi) is 4.19. The average Bonchev–Trinajstić information content (AvgIpc) is 1.55. The van der Waals surface area contributed by atoms with Gasteiger partial charge in [0.15, 0.2) is 0 Å². The van der Waals surface area contributed by atoms with Gasteiger partial charge in [-0.3, -0.25) is 0 Å². The fourth-order valence-corrected chi connectivity index (χ4v) is 0.994. The van der Waals surface area contributed by atoms with Gasteiger partial charge in [0.2, 0.25) is 0 Å². The number of nitrogens with zero attached hydrogens (tertiary/aromatic N) is 1. The predicted molar refractivity (Wildman–Crippen MR) is 42.2 cm³/mol. The normalized spacial score (nSPS) is 19.0. The lowest BCUT2D eigenvalue weighted by Crippen LogP contribution is -2.46. The molecule has 9 heavy (non-hydrogen) atoms. The lowest BCUT2D eigenvalue weighted by atomic mass is 10.0. The second-order valence-corrected chi connectivity index (χ2v) is 2.79. The Hall–Kier alpha value is 0.210. The van der Waals surface area contributed by atoms with Gasteiger partial charge in [-0.2, -0.15) is 0 Å². The minimum Gasteiger partial charge on any atom is -0.316 e.